The standard InChI is InChI=1S/C17H14FN3O2S/c1-11-7-20-14(8-19-11)9-23-17(22)15-10-24-16(21-15)6-12-3-2-4-13(18)5-12/h2-5,7-8,10H,6,9H2,1H3. The van der Waals surface area contributed by atoms with Crippen molar-refractivity contribution in [2.45, 2.75) is 20.0 Å². The molecule has 0 saturated carbocycles. The van der Waals surface area contributed by atoms with Crippen LogP contribution in [0, 0.1) is 12.7 Å². The van der Waals surface area contributed by atoms with Crippen molar-refractivity contribution < 1.29 is 13.9 Å². The Morgan fingerprint density at radius 3 is 2.92 bits per heavy atom. The van der Waals surface area contributed by atoms with E-state index >= 15 is 0 Å². The van der Waals surface area contributed by atoms with E-state index in [1.807, 2.05) is 13.0 Å². The van der Waals surface area contributed by atoms with Crippen molar-refractivity contribution >= 4 is 17.3 Å². The third-order valence-corrected chi connectivity index (χ3v) is 4.04. The molecule has 7 heteroatoms. The Bertz CT molecular complexity index is 849. The molecule has 3 aromatic rings. The number of ether oxygens (including phenoxy) is 1. The molecular weight excluding hydrogens is 329 g/mol. The third-order valence-electron chi connectivity index (χ3n) is 3.19. The summed E-state index contributed by atoms with van der Waals surface area (Å²) < 4.78 is 18.4. The van der Waals surface area contributed by atoms with E-state index in [-0.39, 0.29) is 18.1 Å². The normalized spacial score (nSPS) is 10.6. The molecule has 0 aliphatic heterocycles. The van der Waals surface area contributed by atoms with Crippen LogP contribution in [-0.4, -0.2) is 20.9 Å². The molecule has 0 N–H and O–H groups in total. The van der Waals surface area contributed by atoms with Crippen LogP contribution in [0.4, 0.5) is 4.39 Å². The maximum absolute atomic E-state index is 13.2. The summed E-state index contributed by atoms with van der Waals surface area (Å²) in [5, 5.41) is 2.36. The summed E-state index contributed by atoms with van der Waals surface area (Å²) in [6.07, 6.45) is 3.65. The first kappa shape index (κ1) is 16.2. The Morgan fingerprint density at radius 1 is 1.29 bits per heavy atom. The van der Waals surface area contributed by atoms with Crippen LogP contribution in [0.15, 0.2) is 42.0 Å². The lowest BCUT2D eigenvalue weighted by Crippen LogP contribution is -2.07. The number of aryl methyl sites for hydroxylation is 1. The molecule has 5 nitrogen and oxygen atoms in total. The predicted octanol–water partition coefficient (Wildman–Crippen LogP) is 3.33. The van der Waals surface area contributed by atoms with E-state index < -0.39 is 5.97 Å². The Balaban J connectivity index is 1.60. The molecule has 0 unspecified atom stereocenters. The van der Waals surface area contributed by atoms with E-state index in [1.165, 1.54) is 23.5 Å². The van der Waals surface area contributed by atoms with Gasteiger partial charge in [-0.15, -0.1) is 11.3 Å². The van der Waals surface area contributed by atoms with Gasteiger partial charge in [0, 0.05) is 18.0 Å². The number of aromatic nitrogens is 3. The fraction of sp³-hybridized carbons (Fsp3) is 0.176. The number of carbonyl (C=O) groups excluding carboxylic acids is 1. The molecule has 0 aliphatic carbocycles. The van der Waals surface area contributed by atoms with Gasteiger partial charge in [-0.05, 0) is 24.6 Å². The van der Waals surface area contributed by atoms with Gasteiger partial charge in [-0.1, -0.05) is 12.1 Å². The van der Waals surface area contributed by atoms with Crippen molar-refractivity contribution in [2.24, 2.45) is 0 Å². The molecule has 0 saturated heterocycles. The molecule has 3 rings (SSSR count). The van der Waals surface area contributed by atoms with E-state index in [4.69, 9.17) is 4.74 Å². The minimum atomic E-state index is -0.515. The minimum Gasteiger partial charge on any atom is -0.454 e. The van der Waals surface area contributed by atoms with E-state index in [1.54, 1.807) is 23.8 Å². The first-order chi connectivity index (χ1) is 11.6. The molecule has 0 radical (unpaired) electrons. The van der Waals surface area contributed by atoms with Gasteiger partial charge in [0.05, 0.1) is 22.6 Å². The Hall–Kier alpha value is -2.67. The molecule has 1 aromatic carbocycles. The zero-order valence-corrected chi connectivity index (χ0v) is 13.7. The summed E-state index contributed by atoms with van der Waals surface area (Å²) in [4.78, 5) is 24.5. The highest BCUT2D eigenvalue weighted by Crippen LogP contribution is 2.16. The molecule has 0 atom stereocenters. The van der Waals surface area contributed by atoms with Crippen LogP contribution in [0.5, 0.6) is 0 Å². The van der Waals surface area contributed by atoms with Crippen LogP contribution in [0.2, 0.25) is 0 Å². The van der Waals surface area contributed by atoms with Crippen LogP contribution >= 0.6 is 11.3 Å². The minimum absolute atomic E-state index is 0.0445. The number of thiazole rings is 1. The summed E-state index contributed by atoms with van der Waals surface area (Å²) in [5.74, 6) is -0.804. The van der Waals surface area contributed by atoms with Crippen molar-refractivity contribution in [3.8, 4) is 0 Å². The molecule has 0 spiro atoms. The zero-order valence-electron chi connectivity index (χ0n) is 12.9. The van der Waals surface area contributed by atoms with Crippen molar-refractivity contribution in [1.29, 1.82) is 0 Å². The fourth-order valence-corrected chi connectivity index (χ4v) is 2.81. The maximum atomic E-state index is 13.2. The number of carbonyl (C=O) groups is 1. The zero-order chi connectivity index (χ0) is 16.9. The van der Waals surface area contributed by atoms with Gasteiger partial charge in [0.2, 0.25) is 0 Å². The van der Waals surface area contributed by atoms with Crippen LogP contribution < -0.4 is 0 Å². The molecule has 2 aromatic heterocycles. The lowest BCUT2D eigenvalue weighted by atomic mass is 10.1. The Morgan fingerprint density at radius 2 is 2.17 bits per heavy atom. The molecular formula is C17H14FN3O2S. The largest absolute Gasteiger partial charge is 0.454 e. The molecule has 0 aliphatic rings. The summed E-state index contributed by atoms with van der Waals surface area (Å²) >= 11 is 1.34. The fourth-order valence-electron chi connectivity index (χ4n) is 2.01. The summed E-state index contributed by atoms with van der Waals surface area (Å²) in [6, 6.07) is 6.31. The molecule has 122 valence electrons. The SMILES string of the molecule is Cc1cnc(COC(=O)c2csc(Cc3cccc(F)c3)n2)cn1. The number of rotatable bonds is 5. The lowest BCUT2D eigenvalue weighted by molar-refractivity contribution is 0.0461. The first-order valence-corrected chi connectivity index (χ1v) is 8.11. The van der Waals surface area contributed by atoms with Crippen molar-refractivity contribution in [3.63, 3.8) is 0 Å². The Labute approximate surface area is 142 Å². The van der Waals surface area contributed by atoms with Crippen molar-refractivity contribution in [3.05, 3.63) is 75.5 Å². The third kappa shape index (κ3) is 4.20. The van der Waals surface area contributed by atoms with Gasteiger partial charge in [-0.2, -0.15) is 0 Å². The summed E-state index contributed by atoms with van der Waals surface area (Å²) in [5.41, 5.74) is 2.42. The molecule has 0 amide bonds. The van der Waals surface area contributed by atoms with Crippen LogP contribution in [-0.2, 0) is 17.8 Å². The molecule has 2 heterocycles. The molecule has 24 heavy (non-hydrogen) atoms. The second-order valence-electron chi connectivity index (χ2n) is 5.16. The topological polar surface area (TPSA) is 65.0 Å². The monoisotopic (exact) mass is 343 g/mol. The van der Waals surface area contributed by atoms with Gasteiger partial charge < -0.3 is 4.74 Å². The average molecular weight is 343 g/mol. The second-order valence-corrected chi connectivity index (χ2v) is 6.10. The first-order valence-electron chi connectivity index (χ1n) is 7.23. The number of halogens is 1. The number of hydrogen-bond donors (Lipinski definition) is 0. The number of benzene rings is 1. The van der Waals surface area contributed by atoms with Gasteiger partial charge in [0.1, 0.15) is 12.4 Å². The number of nitrogens with zero attached hydrogens (tertiary/aromatic N) is 3. The molecule has 0 bridgehead atoms. The quantitative estimate of drug-likeness (QED) is 0.665. The highest BCUT2D eigenvalue weighted by Gasteiger charge is 2.13. The predicted molar refractivity (Wildman–Crippen MR) is 87.2 cm³/mol. The number of hydrogen-bond acceptors (Lipinski definition) is 6. The van der Waals surface area contributed by atoms with Crippen molar-refractivity contribution in [2.75, 3.05) is 0 Å². The van der Waals surface area contributed by atoms with Gasteiger partial charge in [0.15, 0.2) is 5.69 Å². The lowest BCUT2D eigenvalue weighted by Gasteiger charge is -2.02. The van der Waals surface area contributed by atoms with Crippen molar-refractivity contribution in [1.82, 2.24) is 15.0 Å². The van der Waals surface area contributed by atoms with Gasteiger partial charge in [0.25, 0.3) is 0 Å². The summed E-state index contributed by atoms with van der Waals surface area (Å²) in [7, 11) is 0. The van der Waals surface area contributed by atoms with Crippen LogP contribution in [0.1, 0.15) is 32.4 Å². The average Bonchev–Trinajstić information content (AvgIpc) is 3.03. The van der Waals surface area contributed by atoms with E-state index in [2.05, 4.69) is 15.0 Å². The second kappa shape index (κ2) is 7.27. The van der Waals surface area contributed by atoms with E-state index in [9.17, 15) is 9.18 Å². The van der Waals surface area contributed by atoms with Crippen LogP contribution in [0.3, 0.4) is 0 Å². The maximum Gasteiger partial charge on any atom is 0.358 e. The van der Waals surface area contributed by atoms with E-state index in [0.29, 0.717) is 12.1 Å². The van der Waals surface area contributed by atoms with Gasteiger partial charge in [-0.3, -0.25) is 9.97 Å². The van der Waals surface area contributed by atoms with Crippen LogP contribution in [0.25, 0.3) is 0 Å². The summed E-state index contributed by atoms with van der Waals surface area (Å²) in [6.45, 7) is 1.88. The van der Waals surface area contributed by atoms with Gasteiger partial charge >= 0.3 is 5.97 Å². The van der Waals surface area contributed by atoms with E-state index in [0.717, 1.165) is 16.3 Å². The smallest absolute Gasteiger partial charge is 0.358 e. The highest BCUT2D eigenvalue weighted by molar-refractivity contribution is 7.09. The highest BCUT2D eigenvalue weighted by atomic mass is 32.1. The number of esters is 1. The Kier molecular flexibility index (Phi) is 4.90. The molecule has 0 fully saturated rings. The van der Waals surface area contributed by atoms with Gasteiger partial charge in [-0.25, -0.2) is 14.2 Å².